The molecule has 30 heavy (non-hydrogen) atoms. The molecule has 0 spiro atoms. The molecule has 2 heterocycles. The maximum Gasteiger partial charge on any atom is 0.340 e. The maximum atomic E-state index is 12.6. The molecule has 1 aromatic carbocycles. The van der Waals surface area contributed by atoms with Gasteiger partial charge in [0.2, 0.25) is 5.88 Å². The van der Waals surface area contributed by atoms with Crippen molar-refractivity contribution >= 4 is 34.3 Å². The zero-order valence-corrected chi connectivity index (χ0v) is 18.5. The first kappa shape index (κ1) is 21.9. The van der Waals surface area contributed by atoms with Crippen molar-refractivity contribution in [3.05, 3.63) is 41.0 Å². The molecule has 7 nitrogen and oxygen atoms in total. The van der Waals surface area contributed by atoms with Crippen LogP contribution in [0.1, 0.15) is 31.1 Å². The minimum Gasteiger partial charge on any atom is -0.480 e. The van der Waals surface area contributed by atoms with E-state index in [1.807, 2.05) is 50.9 Å². The molecule has 2 N–H and O–H groups in total. The first-order chi connectivity index (χ1) is 14.1. The number of pyridine rings is 1. The van der Waals surface area contributed by atoms with Crippen LogP contribution in [-0.2, 0) is 4.74 Å². The number of H-pyrrole nitrogens is 1. The molecule has 0 aliphatic rings. The van der Waals surface area contributed by atoms with Crippen molar-refractivity contribution in [1.29, 1.82) is 0 Å². The van der Waals surface area contributed by atoms with Crippen molar-refractivity contribution in [2.24, 2.45) is 0 Å². The van der Waals surface area contributed by atoms with E-state index in [-0.39, 0.29) is 6.61 Å². The summed E-state index contributed by atoms with van der Waals surface area (Å²) >= 11 is 6.55. The Morgan fingerprint density at radius 1 is 1.27 bits per heavy atom. The van der Waals surface area contributed by atoms with E-state index in [9.17, 15) is 4.79 Å². The van der Waals surface area contributed by atoms with E-state index in [2.05, 4.69) is 9.97 Å². The van der Waals surface area contributed by atoms with Crippen LogP contribution in [0.4, 0.5) is 5.82 Å². The third-order valence-corrected chi connectivity index (χ3v) is 4.86. The number of likely N-dealkylation sites (N-methyl/N-ethyl adjacent to an activating group) is 1. The van der Waals surface area contributed by atoms with E-state index in [1.165, 1.54) is 7.11 Å². The first-order valence-corrected chi connectivity index (χ1v) is 9.93. The highest BCUT2D eigenvalue weighted by atomic mass is 35.5. The predicted molar refractivity (Wildman–Crippen MR) is 119 cm³/mol. The Bertz CT molecular complexity index is 1070. The Labute approximate surface area is 180 Å². The summed E-state index contributed by atoms with van der Waals surface area (Å²) in [6.07, 6.45) is 1.63. The second-order valence-electron chi connectivity index (χ2n) is 7.95. The highest BCUT2D eigenvalue weighted by Gasteiger charge is 2.22. The SMILES string of the molecule is COc1nc(N(C)CCO)ccc1-c1cc2c(C(=O)OC(C)(C)C)c[nH]c2cc1Cl. The van der Waals surface area contributed by atoms with Gasteiger partial charge in [-0.15, -0.1) is 0 Å². The van der Waals surface area contributed by atoms with Gasteiger partial charge in [0.05, 0.1) is 24.3 Å². The molecule has 8 heteroatoms. The molecule has 0 radical (unpaired) electrons. The van der Waals surface area contributed by atoms with Crippen LogP contribution in [0.5, 0.6) is 5.88 Å². The normalized spacial score (nSPS) is 11.6. The number of halogens is 1. The molecule has 0 bridgehead atoms. The summed E-state index contributed by atoms with van der Waals surface area (Å²) in [6, 6.07) is 7.30. The lowest BCUT2D eigenvalue weighted by atomic mass is 10.0. The van der Waals surface area contributed by atoms with E-state index < -0.39 is 11.6 Å². The van der Waals surface area contributed by atoms with Crippen molar-refractivity contribution in [2.45, 2.75) is 26.4 Å². The van der Waals surface area contributed by atoms with Crippen LogP contribution in [0.25, 0.3) is 22.0 Å². The summed E-state index contributed by atoms with van der Waals surface area (Å²) in [5, 5.41) is 10.4. The number of hydrogen-bond donors (Lipinski definition) is 2. The monoisotopic (exact) mass is 431 g/mol. The number of benzene rings is 1. The summed E-state index contributed by atoms with van der Waals surface area (Å²) < 4.78 is 11.0. The maximum absolute atomic E-state index is 12.6. The number of nitrogens with one attached hydrogen (secondary N) is 1. The number of nitrogens with zero attached hydrogens (tertiary/aromatic N) is 2. The minimum absolute atomic E-state index is 0.0195. The van der Waals surface area contributed by atoms with Crippen LogP contribution in [0.15, 0.2) is 30.5 Å². The second-order valence-corrected chi connectivity index (χ2v) is 8.36. The Balaban J connectivity index is 2.09. The summed E-state index contributed by atoms with van der Waals surface area (Å²) in [7, 11) is 3.38. The van der Waals surface area contributed by atoms with E-state index in [0.717, 1.165) is 5.52 Å². The highest BCUT2D eigenvalue weighted by Crippen LogP contribution is 2.38. The van der Waals surface area contributed by atoms with Crippen LogP contribution < -0.4 is 9.64 Å². The first-order valence-electron chi connectivity index (χ1n) is 9.56. The zero-order chi connectivity index (χ0) is 22.1. The molecule has 2 aromatic heterocycles. The number of esters is 1. The van der Waals surface area contributed by atoms with E-state index in [4.69, 9.17) is 26.2 Å². The fourth-order valence-corrected chi connectivity index (χ4v) is 3.39. The lowest BCUT2D eigenvalue weighted by Gasteiger charge is -2.19. The summed E-state index contributed by atoms with van der Waals surface area (Å²) in [4.78, 5) is 22.1. The van der Waals surface area contributed by atoms with Crippen molar-refractivity contribution in [3.8, 4) is 17.0 Å². The number of carbonyl (C=O) groups excluding carboxylic acids is 1. The second kappa shape index (κ2) is 8.53. The average molecular weight is 432 g/mol. The quantitative estimate of drug-likeness (QED) is 0.566. The Kier molecular flexibility index (Phi) is 6.24. The van der Waals surface area contributed by atoms with E-state index in [1.54, 1.807) is 12.3 Å². The van der Waals surface area contributed by atoms with Gasteiger partial charge >= 0.3 is 5.97 Å². The van der Waals surface area contributed by atoms with Crippen LogP contribution in [-0.4, -0.2) is 54.0 Å². The molecule has 160 valence electrons. The lowest BCUT2D eigenvalue weighted by molar-refractivity contribution is 0.00719. The van der Waals surface area contributed by atoms with Gasteiger partial charge in [0.25, 0.3) is 0 Å². The summed E-state index contributed by atoms with van der Waals surface area (Å²) in [5.41, 5.74) is 1.95. The zero-order valence-electron chi connectivity index (χ0n) is 17.7. The fraction of sp³-hybridized carbons (Fsp3) is 0.364. The number of aliphatic hydroxyl groups excluding tert-OH is 1. The van der Waals surface area contributed by atoms with Gasteiger partial charge in [0, 0.05) is 41.8 Å². The third kappa shape index (κ3) is 4.52. The van der Waals surface area contributed by atoms with Gasteiger partial charge in [-0.2, -0.15) is 4.98 Å². The van der Waals surface area contributed by atoms with Crippen molar-refractivity contribution in [1.82, 2.24) is 9.97 Å². The molecule has 0 saturated carbocycles. The number of carbonyl (C=O) groups is 1. The van der Waals surface area contributed by atoms with Crippen molar-refractivity contribution in [2.75, 3.05) is 32.2 Å². The molecule has 0 fully saturated rings. The van der Waals surface area contributed by atoms with Crippen LogP contribution in [0, 0.1) is 0 Å². The highest BCUT2D eigenvalue weighted by molar-refractivity contribution is 6.34. The van der Waals surface area contributed by atoms with Gasteiger partial charge in [0.15, 0.2) is 0 Å². The molecule has 0 saturated heterocycles. The van der Waals surface area contributed by atoms with Gasteiger partial charge in [-0.1, -0.05) is 11.6 Å². The molecular formula is C22H26ClN3O4. The van der Waals surface area contributed by atoms with Crippen LogP contribution in [0.2, 0.25) is 5.02 Å². The van der Waals surface area contributed by atoms with Gasteiger partial charge in [-0.3, -0.25) is 0 Å². The molecule has 3 rings (SSSR count). The number of aromatic nitrogens is 2. The molecule has 0 unspecified atom stereocenters. The third-order valence-electron chi connectivity index (χ3n) is 4.54. The molecule has 0 aliphatic heterocycles. The smallest absolute Gasteiger partial charge is 0.340 e. The molecule has 0 atom stereocenters. The molecule has 3 aromatic rings. The Morgan fingerprint density at radius 3 is 2.63 bits per heavy atom. The molecular weight excluding hydrogens is 406 g/mol. The number of fused-ring (bicyclic) bond motifs is 1. The van der Waals surface area contributed by atoms with Gasteiger partial charge in [-0.05, 0) is 45.0 Å². The van der Waals surface area contributed by atoms with Crippen LogP contribution in [0.3, 0.4) is 0 Å². The number of anilines is 1. The number of ether oxygens (including phenoxy) is 2. The van der Waals surface area contributed by atoms with Crippen molar-refractivity contribution in [3.63, 3.8) is 0 Å². The molecule has 0 amide bonds. The minimum atomic E-state index is -0.598. The summed E-state index contributed by atoms with van der Waals surface area (Å²) in [6.45, 7) is 5.95. The van der Waals surface area contributed by atoms with Gasteiger partial charge in [0.1, 0.15) is 11.4 Å². The molecule has 0 aliphatic carbocycles. The number of aliphatic hydroxyl groups is 1. The predicted octanol–water partition coefficient (Wildman–Crippen LogP) is 4.28. The van der Waals surface area contributed by atoms with E-state index >= 15 is 0 Å². The number of aromatic amines is 1. The summed E-state index contributed by atoms with van der Waals surface area (Å²) in [5.74, 6) is 0.652. The average Bonchev–Trinajstić information content (AvgIpc) is 3.08. The van der Waals surface area contributed by atoms with Crippen LogP contribution >= 0.6 is 11.6 Å². The fourth-order valence-electron chi connectivity index (χ4n) is 3.12. The number of rotatable bonds is 6. The Hall–Kier alpha value is -2.77. The Morgan fingerprint density at radius 2 is 2.00 bits per heavy atom. The topological polar surface area (TPSA) is 87.7 Å². The van der Waals surface area contributed by atoms with Gasteiger partial charge in [-0.25, -0.2) is 4.79 Å². The number of methoxy groups -OCH3 is 1. The largest absolute Gasteiger partial charge is 0.480 e. The number of hydrogen-bond acceptors (Lipinski definition) is 6. The standard InChI is InChI=1S/C22H26ClN3O4/c1-22(2,3)30-21(28)16-12-24-18-11-17(23)14(10-15(16)18)13-6-7-19(25-20(13)29-5)26(4)8-9-27/h6-7,10-12,24,27H,8-9H2,1-5H3. The van der Waals surface area contributed by atoms with E-state index in [0.29, 0.717) is 45.3 Å². The van der Waals surface area contributed by atoms with Gasteiger partial charge < -0.3 is 24.5 Å². The lowest BCUT2D eigenvalue weighted by Crippen LogP contribution is -2.23. The van der Waals surface area contributed by atoms with Crippen molar-refractivity contribution < 1.29 is 19.4 Å².